The summed E-state index contributed by atoms with van der Waals surface area (Å²) in [5.41, 5.74) is 1.90. The van der Waals surface area contributed by atoms with Crippen LogP contribution in [0.2, 0.25) is 10.0 Å². The zero-order chi connectivity index (χ0) is 21.1. The number of carbonyl (C=O) groups is 1. The van der Waals surface area contributed by atoms with Gasteiger partial charge >= 0.3 is 0 Å². The van der Waals surface area contributed by atoms with Crippen molar-refractivity contribution in [2.24, 2.45) is 0 Å². The molecule has 0 bridgehead atoms. The van der Waals surface area contributed by atoms with Crippen molar-refractivity contribution >= 4 is 40.3 Å². The molecule has 158 valence electrons. The quantitative estimate of drug-likeness (QED) is 0.600. The minimum atomic E-state index is -0.388. The number of fused-ring (bicyclic) bond motifs is 1. The van der Waals surface area contributed by atoms with Gasteiger partial charge < -0.3 is 19.5 Å². The van der Waals surface area contributed by atoms with E-state index in [4.69, 9.17) is 37.4 Å². The van der Waals surface area contributed by atoms with E-state index in [0.717, 1.165) is 19.3 Å². The summed E-state index contributed by atoms with van der Waals surface area (Å²) in [6.07, 6.45) is 5.58. The molecule has 1 unspecified atom stereocenters. The summed E-state index contributed by atoms with van der Waals surface area (Å²) in [5.74, 6) is 0.0994. The van der Waals surface area contributed by atoms with Crippen molar-refractivity contribution < 1.29 is 19.0 Å². The Kier molecular flexibility index (Phi) is 6.38. The Labute approximate surface area is 183 Å². The minimum Gasteiger partial charge on any atom is -0.481 e. The van der Waals surface area contributed by atoms with Crippen LogP contribution in [0.3, 0.4) is 0 Å². The van der Waals surface area contributed by atoms with Crippen molar-refractivity contribution in [1.29, 1.82) is 0 Å². The van der Waals surface area contributed by atoms with Gasteiger partial charge in [-0.1, -0.05) is 23.2 Å². The molecule has 1 aliphatic heterocycles. The maximum atomic E-state index is 13.0. The van der Waals surface area contributed by atoms with Gasteiger partial charge in [-0.15, -0.1) is 0 Å². The van der Waals surface area contributed by atoms with Gasteiger partial charge in [0.15, 0.2) is 6.29 Å². The minimum absolute atomic E-state index is 0.232. The van der Waals surface area contributed by atoms with Gasteiger partial charge in [0.1, 0.15) is 0 Å². The number of rotatable bonds is 6. The van der Waals surface area contributed by atoms with Crippen LogP contribution in [-0.4, -0.2) is 40.5 Å². The Morgan fingerprint density at radius 1 is 1.30 bits per heavy atom. The molecule has 1 aliphatic rings. The summed E-state index contributed by atoms with van der Waals surface area (Å²) in [7, 11) is 1.54. The van der Waals surface area contributed by atoms with Gasteiger partial charge in [0.05, 0.1) is 46.2 Å². The summed E-state index contributed by atoms with van der Waals surface area (Å²) in [6.45, 7) is 0.965. The lowest BCUT2D eigenvalue weighted by Gasteiger charge is -2.22. The molecule has 0 aliphatic carbocycles. The van der Waals surface area contributed by atoms with Crippen molar-refractivity contribution in [2.75, 3.05) is 19.0 Å². The third-order valence-electron chi connectivity index (χ3n) is 4.74. The van der Waals surface area contributed by atoms with Gasteiger partial charge in [-0.3, -0.25) is 9.78 Å². The van der Waals surface area contributed by atoms with Crippen LogP contribution >= 0.6 is 23.2 Å². The zero-order valence-corrected chi connectivity index (χ0v) is 17.7. The standard InChI is InChI=1S/C20H20Cl2N4O4/c1-28-17-6-5-13(20(27)24-19-14(21)9-23-10-15(19)22)16-8-12(25-26(16)17)11-30-18-4-2-3-7-29-18/h5-6,8-10,18H,2-4,7,11H2,1H3,(H,23,24,27). The van der Waals surface area contributed by atoms with E-state index in [-0.39, 0.29) is 28.8 Å². The number of amides is 1. The number of ether oxygens (including phenoxy) is 3. The van der Waals surface area contributed by atoms with Crippen molar-refractivity contribution in [1.82, 2.24) is 14.6 Å². The third-order valence-corrected chi connectivity index (χ3v) is 5.31. The van der Waals surface area contributed by atoms with Crippen LogP contribution in [0.5, 0.6) is 5.88 Å². The van der Waals surface area contributed by atoms with Crippen LogP contribution in [0.15, 0.2) is 30.6 Å². The molecule has 0 aromatic carbocycles. The van der Waals surface area contributed by atoms with E-state index < -0.39 is 0 Å². The Morgan fingerprint density at radius 3 is 2.80 bits per heavy atom. The molecule has 3 aromatic heterocycles. The fourth-order valence-corrected chi connectivity index (χ4v) is 3.71. The Hall–Kier alpha value is -2.39. The SMILES string of the molecule is COc1ccc(C(=O)Nc2c(Cl)cncc2Cl)c2cc(COC3CCCCO3)nn12. The number of hydrogen-bond acceptors (Lipinski definition) is 6. The fourth-order valence-electron chi connectivity index (χ4n) is 3.25. The summed E-state index contributed by atoms with van der Waals surface area (Å²) >= 11 is 12.2. The number of hydrogen-bond donors (Lipinski definition) is 1. The van der Waals surface area contributed by atoms with E-state index in [1.54, 1.807) is 29.8 Å². The molecule has 0 spiro atoms. The molecule has 1 atom stereocenters. The van der Waals surface area contributed by atoms with E-state index in [1.165, 1.54) is 12.4 Å². The molecule has 4 heterocycles. The van der Waals surface area contributed by atoms with E-state index in [1.807, 2.05) is 0 Å². The lowest BCUT2D eigenvalue weighted by molar-refractivity contribution is -0.169. The maximum Gasteiger partial charge on any atom is 0.257 e. The van der Waals surface area contributed by atoms with Crippen molar-refractivity contribution in [3.05, 3.63) is 51.9 Å². The van der Waals surface area contributed by atoms with Crippen LogP contribution < -0.4 is 10.1 Å². The normalized spacial score (nSPS) is 16.6. The van der Waals surface area contributed by atoms with Gasteiger partial charge in [-0.2, -0.15) is 9.61 Å². The number of carbonyl (C=O) groups excluding carboxylic acids is 1. The molecule has 8 nitrogen and oxygen atoms in total. The number of aromatic nitrogens is 3. The van der Waals surface area contributed by atoms with Crippen molar-refractivity contribution in [2.45, 2.75) is 32.2 Å². The second kappa shape index (κ2) is 9.18. The number of nitrogens with one attached hydrogen (secondary N) is 1. The molecule has 0 radical (unpaired) electrons. The average Bonchev–Trinajstić information content (AvgIpc) is 3.19. The Bertz CT molecular complexity index is 1050. The molecule has 1 saturated heterocycles. The first kappa shape index (κ1) is 20.9. The molecule has 1 N–H and O–H groups in total. The molecule has 1 amide bonds. The van der Waals surface area contributed by atoms with E-state index >= 15 is 0 Å². The van der Waals surface area contributed by atoms with E-state index in [0.29, 0.717) is 34.9 Å². The van der Waals surface area contributed by atoms with Crippen molar-refractivity contribution in [3.63, 3.8) is 0 Å². The second-order valence-electron chi connectivity index (χ2n) is 6.76. The lowest BCUT2D eigenvalue weighted by Crippen LogP contribution is -2.22. The van der Waals surface area contributed by atoms with Crippen LogP contribution in [0.25, 0.3) is 5.52 Å². The van der Waals surface area contributed by atoms with Gasteiger partial charge in [0, 0.05) is 25.1 Å². The van der Waals surface area contributed by atoms with Gasteiger partial charge in [0.25, 0.3) is 5.91 Å². The maximum absolute atomic E-state index is 13.0. The number of nitrogens with zero attached hydrogens (tertiary/aromatic N) is 3. The fraction of sp³-hybridized carbons (Fsp3) is 0.350. The number of anilines is 1. The first-order valence-corrected chi connectivity index (χ1v) is 10.2. The molecule has 4 rings (SSSR count). The van der Waals surface area contributed by atoms with E-state index in [2.05, 4.69) is 15.4 Å². The molecule has 30 heavy (non-hydrogen) atoms. The summed E-state index contributed by atoms with van der Waals surface area (Å²) in [5, 5.41) is 7.76. The predicted molar refractivity (Wildman–Crippen MR) is 112 cm³/mol. The monoisotopic (exact) mass is 450 g/mol. The largest absolute Gasteiger partial charge is 0.481 e. The predicted octanol–water partition coefficient (Wildman–Crippen LogP) is 4.34. The van der Waals surface area contributed by atoms with Crippen LogP contribution in [0, 0.1) is 0 Å². The van der Waals surface area contributed by atoms with Gasteiger partial charge in [-0.25, -0.2) is 0 Å². The molecule has 1 fully saturated rings. The number of pyridine rings is 2. The Balaban J connectivity index is 1.61. The first-order chi connectivity index (χ1) is 14.6. The van der Waals surface area contributed by atoms with Crippen LogP contribution in [0.4, 0.5) is 5.69 Å². The molecule has 3 aromatic rings. The van der Waals surface area contributed by atoms with Crippen molar-refractivity contribution in [3.8, 4) is 5.88 Å². The van der Waals surface area contributed by atoms with Gasteiger partial charge in [-0.05, 0) is 31.4 Å². The summed E-state index contributed by atoms with van der Waals surface area (Å²) in [4.78, 5) is 16.9. The van der Waals surface area contributed by atoms with Crippen LogP contribution in [-0.2, 0) is 16.1 Å². The van der Waals surface area contributed by atoms with Gasteiger partial charge in [0.2, 0.25) is 5.88 Å². The molecular weight excluding hydrogens is 431 g/mol. The lowest BCUT2D eigenvalue weighted by atomic mass is 10.2. The topological polar surface area (TPSA) is 87.0 Å². The smallest absolute Gasteiger partial charge is 0.257 e. The highest BCUT2D eigenvalue weighted by atomic mass is 35.5. The number of halogens is 2. The Morgan fingerprint density at radius 2 is 2.10 bits per heavy atom. The third kappa shape index (κ3) is 4.37. The molecule has 0 saturated carbocycles. The van der Waals surface area contributed by atoms with E-state index in [9.17, 15) is 4.79 Å². The zero-order valence-electron chi connectivity index (χ0n) is 16.2. The molecular formula is C20H20Cl2N4O4. The number of methoxy groups -OCH3 is 1. The second-order valence-corrected chi connectivity index (χ2v) is 7.58. The highest BCUT2D eigenvalue weighted by Gasteiger charge is 2.20. The summed E-state index contributed by atoms with van der Waals surface area (Å²) < 4.78 is 18.4. The highest BCUT2D eigenvalue weighted by molar-refractivity contribution is 6.39. The van der Waals surface area contributed by atoms with Crippen LogP contribution in [0.1, 0.15) is 35.3 Å². The first-order valence-electron chi connectivity index (χ1n) is 9.46. The molecule has 10 heteroatoms. The average molecular weight is 451 g/mol. The summed E-state index contributed by atoms with van der Waals surface area (Å²) in [6, 6.07) is 5.11. The highest BCUT2D eigenvalue weighted by Crippen LogP contribution is 2.30.